The summed E-state index contributed by atoms with van der Waals surface area (Å²) in [5, 5.41) is 20.2. The lowest BCUT2D eigenvalue weighted by Crippen LogP contribution is -2.27. The zero-order valence-electron chi connectivity index (χ0n) is 14.2. The molecule has 0 aliphatic heterocycles. The van der Waals surface area contributed by atoms with Crippen molar-refractivity contribution in [2.45, 2.75) is 13.0 Å². The molecule has 0 aliphatic carbocycles. The molecule has 0 spiro atoms. The van der Waals surface area contributed by atoms with Gasteiger partial charge in [0.15, 0.2) is 11.5 Å². The molecule has 0 aromatic carbocycles. The Morgan fingerprint density at radius 2 is 2.33 bits per heavy atom. The van der Waals surface area contributed by atoms with Crippen LogP contribution in [0.3, 0.4) is 0 Å². The molecule has 138 valence electrons. The minimum atomic E-state index is -0.888. The number of hydrogen-bond acceptors (Lipinski definition) is 7. The van der Waals surface area contributed by atoms with Gasteiger partial charge >= 0.3 is 0 Å². The van der Waals surface area contributed by atoms with E-state index in [-0.39, 0.29) is 6.54 Å². The number of rotatable bonds is 5. The molecule has 0 aliphatic rings. The van der Waals surface area contributed by atoms with Crippen molar-refractivity contribution in [2.24, 2.45) is 12.8 Å². The maximum absolute atomic E-state index is 13.4. The highest BCUT2D eigenvalue weighted by atomic mass is 32.1. The minimum absolute atomic E-state index is 0.301. The molecule has 4 aromatic rings. The number of thiazole rings is 1. The number of allylic oxidation sites excluding steroid dienone is 1. The third-order valence-electron chi connectivity index (χ3n) is 4.20. The molecule has 0 radical (unpaired) electrons. The number of fused-ring (bicyclic) bond motifs is 3. The molecule has 4 aromatic heterocycles. The predicted octanol–water partition coefficient (Wildman–Crippen LogP) is 1.45. The van der Waals surface area contributed by atoms with Crippen molar-refractivity contribution < 1.29 is 4.39 Å². The van der Waals surface area contributed by atoms with Crippen molar-refractivity contribution in [3.8, 4) is 0 Å². The smallest absolute Gasteiger partial charge is 0.291 e. The molecule has 4 heterocycles. The Kier molecular flexibility index (Phi) is 4.07. The van der Waals surface area contributed by atoms with Gasteiger partial charge in [-0.2, -0.15) is 10.2 Å². The molecule has 4 N–H and O–H groups in total. The summed E-state index contributed by atoms with van der Waals surface area (Å²) in [6.45, 7) is -0.301. The van der Waals surface area contributed by atoms with Crippen molar-refractivity contribution in [2.75, 3.05) is 0 Å². The largest absolute Gasteiger partial charge is 0.402 e. The Bertz CT molecular complexity index is 1250. The number of halogens is 1. The highest BCUT2D eigenvalue weighted by Crippen LogP contribution is 2.31. The van der Waals surface area contributed by atoms with E-state index in [2.05, 4.69) is 20.3 Å². The first-order chi connectivity index (χ1) is 13.0. The Hall–Kier alpha value is -3.34. The minimum Gasteiger partial charge on any atom is -0.402 e. The first-order valence-corrected chi connectivity index (χ1v) is 8.79. The van der Waals surface area contributed by atoms with Crippen molar-refractivity contribution in [1.29, 1.82) is 5.41 Å². The van der Waals surface area contributed by atoms with Crippen LogP contribution in [0.4, 0.5) is 4.39 Å². The second kappa shape index (κ2) is 6.43. The van der Waals surface area contributed by atoms with Crippen LogP contribution in [0.15, 0.2) is 35.3 Å². The fraction of sp³-hybridized carbons (Fsp3) is 0.188. The van der Waals surface area contributed by atoms with Crippen LogP contribution in [0.1, 0.15) is 10.7 Å². The van der Waals surface area contributed by atoms with E-state index in [0.717, 1.165) is 20.1 Å². The van der Waals surface area contributed by atoms with Gasteiger partial charge in [-0.3, -0.25) is 9.89 Å². The Morgan fingerprint density at radius 1 is 1.52 bits per heavy atom. The maximum Gasteiger partial charge on any atom is 0.291 e. The summed E-state index contributed by atoms with van der Waals surface area (Å²) >= 11 is 1.48. The van der Waals surface area contributed by atoms with Crippen molar-refractivity contribution in [1.82, 2.24) is 29.5 Å². The third-order valence-corrected chi connectivity index (χ3v) is 5.28. The summed E-state index contributed by atoms with van der Waals surface area (Å²) in [5.74, 6) is -0.888. The van der Waals surface area contributed by atoms with Crippen LogP contribution in [0.5, 0.6) is 0 Å². The van der Waals surface area contributed by atoms with E-state index < -0.39 is 17.1 Å². The van der Waals surface area contributed by atoms with Crippen molar-refractivity contribution >= 4 is 38.3 Å². The van der Waals surface area contributed by atoms with Gasteiger partial charge in [-0.25, -0.2) is 14.1 Å². The molecule has 9 nitrogen and oxygen atoms in total. The number of H-pyrrole nitrogens is 1. The second-order valence-electron chi connectivity index (χ2n) is 5.92. The predicted molar refractivity (Wildman–Crippen MR) is 101 cm³/mol. The van der Waals surface area contributed by atoms with Gasteiger partial charge in [0.1, 0.15) is 10.5 Å². The fourth-order valence-electron chi connectivity index (χ4n) is 2.89. The molecule has 0 saturated carbocycles. The SMILES string of the molecule is Cn1c2nc(Cc3cc[nH]n3)sc2c2cnn(CC(=N)/C(F)=C\N)c(=O)c21. The molecular formula is C16H15FN8OS. The zero-order chi connectivity index (χ0) is 19.1. The van der Waals surface area contributed by atoms with E-state index in [4.69, 9.17) is 11.1 Å². The fourth-order valence-corrected chi connectivity index (χ4v) is 4.01. The monoisotopic (exact) mass is 386 g/mol. The number of aromatic amines is 1. The van der Waals surface area contributed by atoms with Gasteiger partial charge in [-0.05, 0) is 6.07 Å². The summed E-state index contributed by atoms with van der Waals surface area (Å²) < 4.78 is 17.0. The molecule has 0 atom stereocenters. The summed E-state index contributed by atoms with van der Waals surface area (Å²) in [6, 6.07) is 1.88. The van der Waals surface area contributed by atoms with Gasteiger partial charge in [-0.15, -0.1) is 11.3 Å². The van der Waals surface area contributed by atoms with Crippen LogP contribution in [-0.2, 0) is 20.0 Å². The van der Waals surface area contributed by atoms with Gasteiger partial charge in [0, 0.05) is 31.3 Å². The van der Waals surface area contributed by atoms with E-state index in [9.17, 15) is 9.18 Å². The Balaban J connectivity index is 1.78. The first kappa shape index (κ1) is 17.1. The number of nitrogens with zero attached hydrogens (tertiary/aromatic N) is 5. The molecule has 0 amide bonds. The lowest BCUT2D eigenvalue weighted by atomic mass is 10.3. The van der Waals surface area contributed by atoms with E-state index in [1.165, 1.54) is 11.3 Å². The number of nitrogens with one attached hydrogen (secondary N) is 2. The molecular weight excluding hydrogens is 371 g/mol. The number of hydrogen-bond donors (Lipinski definition) is 3. The van der Waals surface area contributed by atoms with Crippen LogP contribution in [0, 0.1) is 5.41 Å². The third kappa shape index (κ3) is 2.81. The van der Waals surface area contributed by atoms with Gasteiger partial charge in [0.2, 0.25) is 0 Å². The molecule has 0 unspecified atom stereocenters. The van der Waals surface area contributed by atoms with Crippen LogP contribution < -0.4 is 11.3 Å². The maximum atomic E-state index is 13.4. The standard InChI is InChI=1S/C16H15FN8OS/c1-24-13-9(6-21-25(16(13)26)7-11(19)10(17)5-18)14-15(24)22-12(27-14)4-8-2-3-20-23-8/h2-3,5-6,19H,4,7,18H2,1H3,(H,20,23)/b10-5+,19-11?. The number of nitrogens with two attached hydrogens (primary N) is 1. The Labute approximate surface area is 155 Å². The summed E-state index contributed by atoms with van der Waals surface area (Å²) in [4.78, 5) is 17.4. The average Bonchev–Trinajstić information content (AvgIpc) is 3.36. The quantitative estimate of drug-likeness (QED) is 0.447. The van der Waals surface area contributed by atoms with E-state index >= 15 is 0 Å². The zero-order valence-corrected chi connectivity index (χ0v) is 15.0. The molecule has 4 rings (SSSR count). The number of aromatic nitrogens is 6. The van der Waals surface area contributed by atoms with Gasteiger partial charge < -0.3 is 15.7 Å². The normalized spacial score (nSPS) is 12.3. The summed E-state index contributed by atoms with van der Waals surface area (Å²) in [6.07, 6.45) is 4.59. The van der Waals surface area contributed by atoms with E-state index in [1.807, 2.05) is 6.07 Å². The Morgan fingerprint density at radius 3 is 3.04 bits per heavy atom. The van der Waals surface area contributed by atoms with Crippen LogP contribution in [-0.4, -0.2) is 35.2 Å². The molecule has 11 heteroatoms. The lowest BCUT2D eigenvalue weighted by Gasteiger charge is -2.05. The average molecular weight is 386 g/mol. The summed E-state index contributed by atoms with van der Waals surface area (Å²) in [7, 11) is 1.75. The molecule has 0 fully saturated rings. The van der Waals surface area contributed by atoms with Crippen LogP contribution in [0.25, 0.3) is 21.3 Å². The molecule has 27 heavy (non-hydrogen) atoms. The highest BCUT2D eigenvalue weighted by molar-refractivity contribution is 7.19. The number of aryl methyl sites for hydroxylation is 1. The van der Waals surface area contributed by atoms with Gasteiger partial charge in [0.05, 0.1) is 28.8 Å². The lowest BCUT2D eigenvalue weighted by molar-refractivity contribution is 0.634. The second-order valence-corrected chi connectivity index (χ2v) is 7.01. The van der Waals surface area contributed by atoms with E-state index in [0.29, 0.717) is 29.2 Å². The molecule has 0 bridgehead atoms. The van der Waals surface area contributed by atoms with Crippen LogP contribution >= 0.6 is 11.3 Å². The van der Waals surface area contributed by atoms with Gasteiger partial charge in [-0.1, -0.05) is 0 Å². The topological polar surface area (TPSA) is 131 Å². The van der Waals surface area contributed by atoms with Gasteiger partial charge in [0.25, 0.3) is 5.56 Å². The first-order valence-electron chi connectivity index (χ1n) is 7.97. The summed E-state index contributed by atoms with van der Waals surface area (Å²) in [5.41, 5.74) is 6.22. The van der Waals surface area contributed by atoms with Crippen LogP contribution in [0.2, 0.25) is 0 Å². The van der Waals surface area contributed by atoms with Crippen molar-refractivity contribution in [3.63, 3.8) is 0 Å². The van der Waals surface area contributed by atoms with E-state index in [1.54, 1.807) is 24.0 Å². The molecule has 0 saturated heterocycles. The van der Waals surface area contributed by atoms with Crippen molar-refractivity contribution in [3.05, 3.63) is 51.5 Å². The highest BCUT2D eigenvalue weighted by Gasteiger charge is 2.19.